The van der Waals surface area contributed by atoms with Crippen molar-refractivity contribution in [2.45, 2.75) is 26.1 Å². The fraction of sp³-hybridized carbons (Fsp3) is 0.286. The molecule has 0 nitrogen and oxygen atoms in total. The van der Waals surface area contributed by atoms with Crippen LogP contribution in [0.1, 0.15) is 31.8 Å². The average Bonchev–Trinajstić information content (AvgIpc) is 2.68. The number of halogens is 1. The molecule has 2 aromatic rings. The number of aryl methyl sites for hydroxylation is 3. The average molecular weight is 251 g/mol. The van der Waals surface area contributed by atoms with Gasteiger partial charge in [0, 0.05) is 9.75 Å². The van der Waals surface area contributed by atoms with E-state index < -0.39 is 0 Å². The van der Waals surface area contributed by atoms with Gasteiger partial charge in [0.15, 0.2) is 0 Å². The van der Waals surface area contributed by atoms with Gasteiger partial charge < -0.3 is 0 Å². The minimum atomic E-state index is -0.0157. The van der Waals surface area contributed by atoms with E-state index in [1.165, 1.54) is 26.4 Å². The summed E-state index contributed by atoms with van der Waals surface area (Å²) >= 11 is 8.25. The Bertz CT molecular complexity index is 499. The quantitative estimate of drug-likeness (QED) is 0.658. The summed E-state index contributed by atoms with van der Waals surface area (Å²) in [5.74, 6) is 0. The lowest BCUT2D eigenvalue weighted by molar-refractivity contribution is 1.16. The van der Waals surface area contributed by atoms with E-state index in [1.54, 1.807) is 11.3 Å². The van der Waals surface area contributed by atoms with Crippen LogP contribution in [0.2, 0.25) is 0 Å². The first kappa shape index (κ1) is 11.7. The van der Waals surface area contributed by atoms with Crippen molar-refractivity contribution in [3.63, 3.8) is 0 Å². The molecule has 0 saturated heterocycles. The normalized spacial score (nSPS) is 12.8. The molecule has 2 heteroatoms. The Morgan fingerprint density at radius 1 is 1.00 bits per heavy atom. The summed E-state index contributed by atoms with van der Waals surface area (Å²) in [4.78, 5) is 2.53. The molecule has 0 saturated carbocycles. The number of thiophene rings is 1. The second-order valence-corrected chi connectivity index (χ2v) is 5.91. The zero-order valence-electron chi connectivity index (χ0n) is 9.75. The summed E-state index contributed by atoms with van der Waals surface area (Å²) in [6.45, 7) is 6.36. The van der Waals surface area contributed by atoms with E-state index in [9.17, 15) is 0 Å². The summed E-state index contributed by atoms with van der Waals surface area (Å²) < 4.78 is 0. The second-order valence-electron chi connectivity index (χ2n) is 4.15. The lowest BCUT2D eigenvalue weighted by Gasteiger charge is -2.10. The first-order valence-corrected chi connectivity index (χ1v) is 6.61. The predicted molar refractivity (Wildman–Crippen MR) is 72.7 cm³/mol. The Labute approximate surface area is 106 Å². The van der Waals surface area contributed by atoms with Gasteiger partial charge in [0.1, 0.15) is 0 Å². The monoisotopic (exact) mass is 250 g/mol. The number of hydrogen-bond donors (Lipinski definition) is 0. The molecule has 1 unspecified atom stereocenters. The highest BCUT2D eigenvalue weighted by atomic mass is 35.5. The van der Waals surface area contributed by atoms with Crippen LogP contribution in [0.5, 0.6) is 0 Å². The molecule has 0 radical (unpaired) electrons. The topological polar surface area (TPSA) is 0 Å². The van der Waals surface area contributed by atoms with Crippen LogP contribution >= 0.6 is 22.9 Å². The lowest BCUT2D eigenvalue weighted by atomic mass is 10.0. The molecule has 16 heavy (non-hydrogen) atoms. The minimum Gasteiger partial charge on any atom is -0.144 e. The highest BCUT2D eigenvalue weighted by molar-refractivity contribution is 7.12. The van der Waals surface area contributed by atoms with Crippen LogP contribution in [0.4, 0.5) is 0 Å². The summed E-state index contributed by atoms with van der Waals surface area (Å²) in [6, 6.07) is 10.7. The molecule has 0 aliphatic carbocycles. The Kier molecular flexibility index (Phi) is 3.36. The summed E-state index contributed by atoms with van der Waals surface area (Å²) in [5, 5.41) is -0.0157. The van der Waals surface area contributed by atoms with Crippen LogP contribution in [0.3, 0.4) is 0 Å². The Balaban J connectivity index is 2.33. The van der Waals surface area contributed by atoms with Crippen LogP contribution in [0, 0.1) is 20.8 Å². The molecule has 0 bridgehead atoms. The maximum atomic E-state index is 6.48. The fourth-order valence-electron chi connectivity index (χ4n) is 1.68. The largest absolute Gasteiger partial charge is 0.144 e. The third-order valence-corrected chi connectivity index (χ3v) is 4.52. The minimum absolute atomic E-state index is 0.0157. The van der Waals surface area contributed by atoms with Crippen LogP contribution in [0.25, 0.3) is 0 Å². The summed E-state index contributed by atoms with van der Waals surface area (Å²) in [5.41, 5.74) is 3.80. The van der Waals surface area contributed by atoms with E-state index in [2.05, 4.69) is 51.1 Å². The molecule has 0 N–H and O–H groups in total. The molecule has 0 aliphatic heterocycles. The van der Waals surface area contributed by atoms with Gasteiger partial charge in [-0.25, -0.2) is 0 Å². The van der Waals surface area contributed by atoms with Crippen molar-refractivity contribution in [3.05, 3.63) is 56.8 Å². The maximum Gasteiger partial charge on any atom is 0.0927 e. The number of hydrogen-bond acceptors (Lipinski definition) is 1. The molecule has 0 spiro atoms. The van der Waals surface area contributed by atoms with E-state index >= 15 is 0 Å². The molecule has 1 aromatic heterocycles. The molecule has 1 atom stereocenters. The van der Waals surface area contributed by atoms with E-state index in [0.29, 0.717) is 0 Å². The lowest BCUT2D eigenvalue weighted by Crippen LogP contribution is -1.92. The van der Waals surface area contributed by atoms with Crippen molar-refractivity contribution < 1.29 is 0 Å². The Morgan fingerprint density at radius 3 is 2.31 bits per heavy atom. The molecule has 84 valence electrons. The molecular weight excluding hydrogens is 236 g/mol. The number of benzene rings is 1. The maximum absolute atomic E-state index is 6.48. The van der Waals surface area contributed by atoms with Crippen LogP contribution < -0.4 is 0 Å². The molecule has 1 heterocycles. The molecule has 1 aromatic carbocycles. The van der Waals surface area contributed by atoms with Gasteiger partial charge in [-0.2, -0.15) is 0 Å². The SMILES string of the molecule is Cc1ccc(C(Cl)c2ccc(C)c(C)c2)s1. The molecule has 0 fully saturated rings. The van der Waals surface area contributed by atoms with Gasteiger partial charge >= 0.3 is 0 Å². The first-order valence-electron chi connectivity index (χ1n) is 5.35. The Hall–Kier alpha value is -0.790. The molecule has 0 aliphatic rings. The second kappa shape index (κ2) is 4.60. The van der Waals surface area contributed by atoms with Crippen LogP contribution in [-0.4, -0.2) is 0 Å². The number of alkyl halides is 1. The first-order chi connectivity index (χ1) is 7.58. The third-order valence-electron chi connectivity index (χ3n) is 2.83. The highest BCUT2D eigenvalue weighted by Crippen LogP contribution is 2.34. The van der Waals surface area contributed by atoms with E-state index in [-0.39, 0.29) is 5.38 Å². The van der Waals surface area contributed by atoms with Gasteiger partial charge in [-0.1, -0.05) is 18.2 Å². The fourth-order valence-corrected chi connectivity index (χ4v) is 2.90. The third kappa shape index (κ3) is 2.31. The smallest absolute Gasteiger partial charge is 0.0927 e. The van der Waals surface area contributed by atoms with E-state index in [4.69, 9.17) is 11.6 Å². The highest BCUT2D eigenvalue weighted by Gasteiger charge is 2.12. The molecular formula is C14H15ClS. The van der Waals surface area contributed by atoms with Crippen molar-refractivity contribution in [2.24, 2.45) is 0 Å². The van der Waals surface area contributed by atoms with Gasteiger partial charge in [-0.05, 0) is 49.6 Å². The standard InChI is InChI=1S/C14H15ClS/c1-9-4-6-12(8-10(9)2)14(15)13-7-5-11(3)16-13/h4-8,14H,1-3H3. The molecule has 2 rings (SSSR count). The zero-order chi connectivity index (χ0) is 11.7. The van der Waals surface area contributed by atoms with Gasteiger partial charge in [-0.3, -0.25) is 0 Å². The van der Waals surface area contributed by atoms with Crippen molar-refractivity contribution in [3.8, 4) is 0 Å². The molecule has 0 amide bonds. The zero-order valence-corrected chi connectivity index (χ0v) is 11.3. The van der Waals surface area contributed by atoms with Crippen LogP contribution in [0.15, 0.2) is 30.3 Å². The van der Waals surface area contributed by atoms with Gasteiger partial charge in [0.25, 0.3) is 0 Å². The van der Waals surface area contributed by atoms with Crippen molar-refractivity contribution in [1.29, 1.82) is 0 Å². The summed E-state index contributed by atoms with van der Waals surface area (Å²) in [6.07, 6.45) is 0. The van der Waals surface area contributed by atoms with Crippen molar-refractivity contribution >= 4 is 22.9 Å². The van der Waals surface area contributed by atoms with Gasteiger partial charge in [0.2, 0.25) is 0 Å². The van der Waals surface area contributed by atoms with Crippen molar-refractivity contribution in [2.75, 3.05) is 0 Å². The predicted octanol–water partition coefficient (Wildman–Crippen LogP) is 5.00. The number of rotatable bonds is 2. The summed E-state index contributed by atoms with van der Waals surface area (Å²) in [7, 11) is 0. The Morgan fingerprint density at radius 2 is 1.75 bits per heavy atom. The van der Waals surface area contributed by atoms with Crippen molar-refractivity contribution in [1.82, 2.24) is 0 Å². The van der Waals surface area contributed by atoms with Gasteiger partial charge in [0.05, 0.1) is 5.38 Å². The van der Waals surface area contributed by atoms with Gasteiger partial charge in [-0.15, -0.1) is 22.9 Å². The van der Waals surface area contributed by atoms with Crippen LogP contribution in [-0.2, 0) is 0 Å². The van der Waals surface area contributed by atoms with E-state index in [0.717, 1.165) is 0 Å². The van der Waals surface area contributed by atoms with E-state index in [1.807, 2.05) is 0 Å².